The molecule has 4 unspecified atom stereocenters. The average molecular weight is 491 g/mol. The highest BCUT2D eigenvalue weighted by atomic mass is 16.7. The highest BCUT2D eigenvalue weighted by Crippen LogP contribution is 2.40. The first-order valence-corrected chi connectivity index (χ1v) is 11.5. The van der Waals surface area contributed by atoms with Crippen molar-refractivity contribution in [1.29, 1.82) is 0 Å². The molecule has 2 aliphatic rings. The first-order chi connectivity index (χ1) is 16.8. The number of methoxy groups -OCH3 is 1. The van der Waals surface area contributed by atoms with E-state index in [-0.39, 0.29) is 49.2 Å². The molecular formula is C24H30N2O9. The van der Waals surface area contributed by atoms with E-state index in [0.29, 0.717) is 6.42 Å². The van der Waals surface area contributed by atoms with Crippen molar-refractivity contribution in [2.45, 2.75) is 57.2 Å². The van der Waals surface area contributed by atoms with Gasteiger partial charge in [-0.05, 0) is 36.7 Å². The maximum atomic E-state index is 12.7. The Morgan fingerprint density at radius 3 is 2.60 bits per heavy atom. The number of carbonyl (C=O) groups is 5. The van der Waals surface area contributed by atoms with E-state index in [1.165, 1.54) is 12.2 Å². The molecule has 0 spiro atoms. The predicted octanol–water partition coefficient (Wildman–Crippen LogP) is 1.84. The van der Waals surface area contributed by atoms with Crippen molar-refractivity contribution in [2.75, 3.05) is 13.7 Å². The largest absolute Gasteiger partial charge is 0.481 e. The number of hydroxylamine groups is 2. The third-order valence-electron chi connectivity index (χ3n) is 6.35. The molecule has 2 amide bonds. The molecule has 1 aliphatic carbocycles. The number of rotatable bonds is 11. The first kappa shape index (κ1) is 26.1. The fourth-order valence-electron chi connectivity index (χ4n) is 4.55. The monoisotopic (exact) mass is 490 g/mol. The highest BCUT2D eigenvalue weighted by Gasteiger charge is 2.45. The van der Waals surface area contributed by atoms with Gasteiger partial charge in [0.05, 0.1) is 19.6 Å². The molecule has 4 atom stereocenters. The van der Waals surface area contributed by atoms with Gasteiger partial charge in [-0.3, -0.25) is 24.0 Å². The minimum Gasteiger partial charge on any atom is -0.481 e. The van der Waals surface area contributed by atoms with Crippen LogP contribution in [-0.2, 0) is 40.1 Å². The summed E-state index contributed by atoms with van der Waals surface area (Å²) in [6.45, 7) is -0.636. The molecule has 1 aliphatic heterocycles. The summed E-state index contributed by atoms with van der Waals surface area (Å²) < 4.78 is 9.81. The van der Waals surface area contributed by atoms with Crippen LogP contribution in [0, 0.1) is 11.8 Å². The van der Waals surface area contributed by atoms with Gasteiger partial charge in [0, 0.05) is 12.8 Å². The summed E-state index contributed by atoms with van der Waals surface area (Å²) in [7, 11) is 1.33. The van der Waals surface area contributed by atoms with Gasteiger partial charge < -0.3 is 19.9 Å². The predicted molar refractivity (Wildman–Crippen MR) is 119 cm³/mol. The molecule has 1 saturated carbocycles. The number of alkyl carbamates (subject to hydrolysis) is 1. The van der Waals surface area contributed by atoms with Crippen LogP contribution in [0.2, 0.25) is 0 Å². The van der Waals surface area contributed by atoms with Crippen LogP contribution in [-0.4, -0.2) is 65.7 Å². The van der Waals surface area contributed by atoms with Crippen LogP contribution in [0.15, 0.2) is 30.3 Å². The molecule has 2 fully saturated rings. The summed E-state index contributed by atoms with van der Waals surface area (Å²) in [6, 6.07) is 7.20. The number of carboxylic acid groups (broad SMARTS) is 1. The lowest BCUT2D eigenvalue weighted by Crippen LogP contribution is -2.46. The molecule has 1 aromatic carbocycles. The minimum absolute atomic E-state index is 0.0391. The van der Waals surface area contributed by atoms with Crippen LogP contribution in [0.25, 0.3) is 0 Å². The van der Waals surface area contributed by atoms with Crippen molar-refractivity contribution in [2.24, 2.45) is 11.8 Å². The van der Waals surface area contributed by atoms with Gasteiger partial charge in [-0.25, -0.2) is 9.86 Å². The zero-order chi connectivity index (χ0) is 25.4. The maximum Gasteiger partial charge on any atom is 0.408 e. The van der Waals surface area contributed by atoms with E-state index in [9.17, 15) is 24.0 Å². The Kier molecular flexibility index (Phi) is 9.18. The molecule has 2 N–H and O–H groups in total. The third-order valence-corrected chi connectivity index (χ3v) is 6.35. The molecule has 0 aromatic heterocycles. The van der Waals surface area contributed by atoms with E-state index < -0.39 is 36.9 Å². The molecule has 11 nitrogen and oxygen atoms in total. The lowest BCUT2D eigenvalue weighted by molar-refractivity contribution is -0.196. The fourth-order valence-corrected chi connectivity index (χ4v) is 4.55. The lowest BCUT2D eigenvalue weighted by Gasteiger charge is -2.34. The van der Waals surface area contributed by atoms with E-state index in [0.717, 1.165) is 18.4 Å². The van der Waals surface area contributed by atoms with Crippen molar-refractivity contribution in [3.8, 4) is 0 Å². The van der Waals surface area contributed by atoms with Gasteiger partial charge in [-0.1, -0.05) is 30.3 Å². The number of ether oxygens (including phenoxy) is 2. The number of amides is 2. The molecule has 11 heteroatoms. The van der Waals surface area contributed by atoms with Crippen LogP contribution in [0.5, 0.6) is 0 Å². The Labute approximate surface area is 202 Å². The standard InChI is InChI=1S/C24H30N2O9/c1-33-23(31)10-16-7-8-17-11-21(28)26(19(17)9-16)35-14-20(27)18(12-22(29)30)25-24(32)34-13-15-5-3-2-4-6-15/h2-6,16-19H,7-14H2,1H3,(H,25,32)(H,29,30). The maximum absolute atomic E-state index is 12.7. The van der Waals surface area contributed by atoms with Gasteiger partial charge in [0.1, 0.15) is 19.3 Å². The van der Waals surface area contributed by atoms with Gasteiger partial charge in [-0.2, -0.15) is 0 Å². The topological polar surface area (TPSA) is 149 Å². The fraction of sp³-hybridized carbons (Fsp3) is 0.542. The number of ketones is 1. The molecule has 1 heterocycles. The van der Waals surface area contributed by atoms with Crippen LogP contribution < -0.4 is 5.32 Å². The number of fused-ring (bicyclic) bond motifs is 1. The molecule has 1 saturated heterocycles. The second-order valence-electron chi connectivity index (χ2n) is 8.81. The SMILES string of the molecule is COC(=O)CC1CCC2CC(=O)N(OCC(=O)C(CC(=O)O)NC(=O)OCc3ccccc3)C2C1. The van der Waals surface area contributed by atoms with E-state index in [2.05, 4.69) is 5.32 Å². The average Bonchev–Trinajstić information content (AvgIpc) is 3.15. The van der Waals surface area contributed by atoms with Crippen molar-refractivity contribution in [1.82, 2.24) is 10.4 Å². The van der Waals surface area contributed by atoms with Crippen LogP contribution in [0.3, 0.4) is 0 Å². The molecule has 35 heavy (non-hydrogen) atoms. The summed E-state index contributed by atoms with van der Waals surface area (Å²) in [5.74, 6) is -2.48. The van der Waals surface area contributed by atoms with Gasteiger partial charge in [0.15, 0.2) is 5.78 Å². The van der Waals surface area contributed by atoms with Gasteiger partial charge in [0.25, 0.3) is 0 Å². The Bertz CT molecular complexity index is 936. The zero-order valence-corrected chi connectivity index (χ0v) is 19.5. The van der Waals surface area contributed by atoms with Gasteiger partial charge in [0.2, 0.25) is 5.91 Å². The van der Waals surface area contributed by atoms with Crippen LogP contribution in [0.1, 0.15) is 44.1 Å². The Hall–Kier alpha value is -3.47. The summed E-state index contributed by atoms with van der Waals surface area (Å²) in [5, 5.41) is 12.6. The summed E-state index contributed by atoms with van der Waals surface area (Å²) in [4.78, 5) is 65.8. The highest BCUT2D eigenvalue weighted by molar-refractivity contribution is 5.91. The molecule has 190 valence electrons. The number of aliphatic carboxylic acids is 1. The Morgan fingerprint density at radius 2 is 1.91 bits per heavy atom. The number of carbonyl (C=O) groups excluding carboxylic acids is 4. The van der Waals surface area contributed by atoms with E-state index in [4.69, 9.17) is 19.4 Å². The number of nitrogens with zero attached hydrogens (tertiary/aromatic N) is 1. The van der Waals surface area contributed by atoms with Gasteiger partial charge >= 0.3 is 18.0 Å². The van der Waals surface area contributed by atoms with Crippen molar-refractivity contribution < 1.29 is 43.4 Å². The molecule has 0 radical (unpaired) electrons. The zero-order valence-electron chi connectivity index (χ0n) is 19.5. The van der Waals surface area contributed by atoms with Crippen molar-refractivity contribution in [3.05, 3.63) is 35.9 Å². The summed E-state index contributed by atoms with van der Waals surface area (Å²) in [5.41, 5.74) is 0.729. The van der Waals surface area contributed by atoms with Gasteiger partial charge in [-0.15, -0.1) is 0 Å². The van der Waals surface area contributed by atoms with E-state index >= 15 is 0 Å². The number of nitrogens with one attached hydrogen (secondary N) is 1. The number of hydrogen-bond acceptors (Lipinski definition) is 8. The smallest absolute Gasteiger partial charge is 0.408 e. The molecule has 0 bridgehead atoms. The number of esters is 1. The first-order valence-electron chi connectivity index (χ1n) is 11.5. The Balaban J connectivity index is 1.54. The molecular weight excluding hydrogens is 460 g/mol. The van der Waals surface area contributed by atoms with E-state index in [1.54, 1.807) is 24.3 Å². The second-order valence-corrected chi connectivity index (χ2v) is 8.81. The number of Topliss-reactive ketones (excluding diaryl/α,β-unsaturated/α-hetero) is 1. The summed E-state index contributed by atoms with van der Waals surface area (Å²) in [6.07, 6.45) is 1.02. The van der Waals surface area contributed by atoms with Crippen molar-refractivity contribution >= 4 is 29.7 Å². The lowest BCUT2D eigenvalue weighted by atomic mass is 9.77. The Morgan fingerprint density at radius 1 is 1.17 bits per heavy atom. The molecule has 1 aromatic rings. The minimum atomic E-state index is -1.39. The van der Waals surface area contributed by atoms with E-state index in [1.807, 2.05) is 6.07 Å². The quantitative estimate of drug-likeness (QED) is 0.443. The number of carboxylic acids is 1. The summed E-state index contributed by atoms with van der Waals surface area (Å²) >= 11 is 0. The second kappa shape index (κ2) is 12.3. The van der Waals surface area contributed by atoms with Crippen LogP contribution in [0.4, 0.5) is 4.79 Å². The number of benzene rings is 1. The molecule has 3 rings (SSSR count). The third kappa shape index (κ3) is 7.51. The van der Waals surface area contributed by atoms with Crippen molar-refractivity contribution in [3.63, 3.8) is 0 Å². The number of hydrogen-bond donors (Lipinski definition) is 2. The van der Waals surface area contributed by atoms with Crippen LogP contribution >= 0.6 is 0 Å². The normalized spacial score (nSPS) is 22.1.